The topological polar surface area (TPSA) is 72.7 Å². The van der Waals surface area contributed by atoms with Gasteiger partial charge in [0.25, 0.3) is 0 Å². The van der Waals surface area contributed by atoms with Gasteiger partial charge < -0.3 is 10.2 Å². The minimum absolute atomic E-state index is 0. The molecule has 0 aliphatic heterocycles. The summed E-state index contributed by atoms with van der Waals surface area (Å²) in [4.78, 5) is 15.1. The van der Waals surface area contributed by atoms with E-state index in [4.69, 9.17) is 0 Å². The number of hydrogen-bond donors (Lipinski definition) is 1. The minimum Gasteiger partial charge on any atom is -0.862 e. The van der Waals surface area contributed by atoms with Crippen molar-refractivity contribution in [2.24, 2.45) is 4.99 Å². The van der Waals surface area contributed by atoms with Crippen molar-refractivity contribution in [3.05, 3.63) is 71.8 Å². The summed E-state index contributed by atoms with van der Waals surface area (Å²) in [6.07, 6.45) is 0.769. The van der Waals surface area contributed by atoms with Gasteiger partial charge in [0.2, 0.25) is 0 Å². The van der Waals surface area contributed by atoms with Crippen LogP contribution in [0.2, 0.25) is 0 Å². The van der Waals surface area contributed by atoms with Crippen LogP contribution < -0.4 is 34.7 Å². The Morgan fingerprint density at radius 3 is 2.14 bits per heavy atom. The molecule has 4 nitrogen and oxygen atoms in total. The Morgan fingerprint density at radius 2 is 1.59 bits per heavy atom. The van der Waals surface area contributed by atoms with Crippen LogP contribution in [-0.4, -0.2) is 17.0 Å². The summed E-state index contributed by atoms with van der Waals surface area (Å²) < 4.78 is 0. The van der Waals surface area contributed by atoms with E-state index in [0.717, 1.165) is 5.56 Å². The minimum atomic E-state index is -1.13. The van der Waals surface area contributed by atoms with Crippen molar-refractivity contribution in [3.8, 4) is 0 Å². The van der Waals surface area contributed by atoms with Crippen LogP contribution in [0.3, 0.4) is 0 Å². The molecule has 0 aliphatic rings. The third-order valence-electron chi connectivity index (χ3n) is 3.09. The molecule has 22 heavy (non-hydrogen) atoms. The molecule has 108 valence electrons. The molecule has 0 aliphatic carbocycles. The molecule has 0 amide bonds. The molecule has 2 rings (SSSR count). The molecule has 1 N–H and O–H groups in total. The van der Waals surface area contributed by atoms with E-state index in [0.29, 0.717) is 12.0 Å². The third-order valence-corrected chi connectivity index (χ3v) is 3.09. The fourth-order valence-electron chi connectivity index (χ4n) is 2.01. The predicted octanol–water partition coefficient (Wildman–Crippen LogP) is -0.792. The SMILES string of the molecule is O=C(O)C(N=C([O-])CCc1ccccc1)c1ccccc1.[Na+]. The Bertz CT molecular complexity index is 614. The van der Waals surface area contributed by atoms with Gasteiger partial charge in [0.1, 0.15) is 0 Å². The molecule has 0 aromatic heterocycles. The number of nitrogens with zero attached hydrogens (tertiary/aromatic N) is 1. The third kappa shape index (κ3) is 5.64. The van der Waals surface area contributed by atoms with E-state index < -0.39 is 17.9 Å². The number of carboxylic acids is 1. The molecule has 0 heterocycles. The number of hydrogen-bond acceptors (Lipinski definition) is 3. The maximum atomic E-state index is 11.9. The zero-order valence-corrected chi connectivity index (χ0v) is 14.5. The maximum Gasteiger partial charge on any atom is 1.00 e. The van der Waals surface area contributed by atoms with Gasteiger partial charge in [-0.05, 0) is 29.9 Å². The molecule has 2 aromatic rings. The monoisotopic (exact) mass is 305 g/mol. The summed E-state index contributed by atoms with van der Waals surface area (Å²) in [7, 11) is 0. The first-order chi connectivity index (χ1) is 10.2. The molecular weight excluding hydrogens is 289 g/mol. The van der Waals surface area contributed by atoms with E-state index in [1.165, 1.54) is 0 Å². The molecule has 5 heteroatoms. The second-order valence-electron chi connectivity index (χ2n) is 4.66. The quantitative estimate of drug-likeness (QED) is 0.432. The van der Waals surface area contributed by atoms with Crippen molar-refractivity contribution in [2.75, 3.05) is 0 Å². The van der Waals surface area contributed by atoms with Gasteiger partial charge in [0, 0.05) is 0 Å². The molecule has 0 fully saturated rings. The summed E-state index contributed by atoms with van der Waals surface area (Å²) in [5, 5.41) is 21.1. The molecule has 1 unspecified atom stereocenters. The van der Waals surface area contributed by atoms with Gasteiger partial charge in [-0.15, -0.1) is 0 Å². The van der Waals surface area contributed by atoms with Crippen molar-refractivity contribution in [1.82, 2.24) is 0 Å². The molecule has 0 radical (unpaired) electrons. The molecule has 1 atom stereocenters. The average Bonchev–Trinajstić information content (AvgIpc) is 2.52. The van der Waals surface area contributed by atoms with Gasteiger partial charge in [-0.1, -0.05) is 60.7 Å². The Kier molecular flexibility index (Phi) is 7.88. The fourth-order valence-corrected chi connectivity index (χ4v) is 2.01. The number of aryl methyl sites for hydroxylation is 1. The summed E-state index contributed by atoms with van der Waals surface area (Å²) in [5.74, 6) is -1.51. The van der Waals surface area contributed by atoms with Gasteiger partial charge in [0.15, 0.2) is 6.04 Å². The van der Waals surface area contributed by atoms with Crippen LogP contribution >= 0.6 is 0 Å². The Morgan fingerprint density at radius 1 is 1.05 bits per heavy atom. The van der Waals surface area contributed by atoms with Gasteiger partial charge >= 0.3 is 35.5 Å². The average molecular weight is 305 g/mol. The first-order valence-electron chi connectivity index (χ1n) is 6.72. The second kappa shape index (κ2) is 9.41. The van der Waals surface area contributed by atoms with Crippen molar-refractivity contribution in [1.29, 1.82) is 0 Å². The molecule has 0 saturated heterocycles. The van der Waals surface area contributed by atoms with Crippen LogP contribution in [0.1, 0.15) is 23.6 Å². The van der Waals surface area contributed by atoms with E-state index in [1.807, 2.05) is 30.3 Å². The number of carbonyl (C=O) groups is 1. The van der Waals surface area contributed by atoms with E-state index in [1.54, 1.807) is 30.3 Å². The van der Waals surface area contributed by atoms with E-state index in [2.05, 4.69) is 4.99 Å². The van der Waals surface area contributed by atoms with Crippen LogP contribution in [0.4, 0.5) is 0 Å². The largest absolute Gasteiger partial charge is 1.00 e. The van der Waals surface area contributed by atoms with Crippen LogP contribution in [0.5, 0.6) is 0 Å². The number of benzene rings is 2. The summed E-state index contributed by atoms with van der Waals surface area (Å²) in [5.41, 5.74) is 1.55. The van der Waals surface area contributed by atoms with Gasteiger partial charge in [0.05, 0.1) is 0 Å². The summed E-state index contributed by atoms with van der Waals surface area (Å²) in [6, 6.07) is 17.0. The predicted molar refractivity (Wildman–Crippen MR) is 79.0 cm³/mol. The zero-order valence-electron chi connectivity index (χ0n) is 12.5. The van der Waals surface area contributed by atoms with Gasteiger partial charge in [-0.25, -0.2) is 4.79 Å². The standard InChI is InChI=1S/C17H17NO3.Na/c19-15(12-11-13-7-3-1-4-8-13)18-16(17(20)21)14-9-5-2-6-10-14;/h1-10,16H,11-12H2,(H,18,19)(H,20,21);/q;+1/p-1. The smallest absolute Gasteiger partial charge is 0.862 e. The Balaban J connectivity index is 0.00000242. The summed E-state index contributed by atoms with van der Waals surface area (Å²) >= 11 is 0. The number of carboxylic acid groups (broad SMARTS) is 1. The van der Waals surface area contributed by atoms with E-state index in [-0.39, 0.29) is 36.0 Å². The number of rotatable bonds is 6. The first kappa shape index (κ1) is 18.4. The number of aliphatic carboxylic acids is 1. The van der Waals surface area contributed by atoms with Crippen LogP contribution in [0.25, 0.3) is 0 Å². The van der Waals surface area contributed by atoms with Crippen LogP contribution in [0, 0.1) is 0 Å². The molecule has 0 spiro atoms. The van der Waals surface area contributed by atoms with Gasteiger partial charge in [-0.2, -0.15) is 0 Å². The van der Waals surface area contributed by atoms with E-state index >= 15 is 0 Å². The molecule has 0 bridgehead atoms. The molecule has 0 saturated carbocycles. The Hall–Kier alpha value is -1.62. The molecular formula is C17H16NNaO3. The van der Waals surface area contributed by atoms with Crippen molar-refractivity contribution >= 4 is 11.9 Å². The number of aliphatic imine (C=N–C) groups is 1. The fraction of sp³-hybridized carbons (Fsp3) is 0.176. The van der Waals surface area contributed by atoms with E-state index in [9.17, 15) is 15.0 Å². The first-order valence-corrected chi connectivity index (χ1v) is 6.72. The molecule has 2 aromatic carbocycles. The van der Waals surface area contributed by atoms with Gasteiger partial charge in [-0.3, -0.25) is 4.99 Å². The van der Waals surface area contributed by atoms with Crippen LogP contribution in [-0.2, 0) is 11.2 Å². The van der Waals surface area contributed by atoms with Crippen molar-refractivity contribution in [2.45, 2.75) is 18.9 Å². The van der Waals surface area contributed by atoms with Crippen LogP contribution in [0.15, 0.2) is 65.7 Å². The normalized spacial score (nSPS) is 12.3. The second-order valence-corrected chi connectivity index (χ2v) is 4.66. The van der Waals surface area contributed by atoms with Crippen molar-refractivity contribution in [3.63, 3.8) is 0 Å². The van der Waals surface area contributed by atoms with Crippen molar-refractivity contribution < 1.29 is 44.6 Å². The maximum absolute atomic E-state index is 11.9. The summed E-state index contributed by atoms with van der Waals surface area (Å²) in [6.45, 7) is 0. The zero-order chi connectivity index (χ0) is 15.1. The Labute approximate surface area is 151 Å².